The van der Waals surface area contributed by atoms with Gasteiger partial charge in [-0.3, -0.25) is 0 Å². The lowest BCUT2D eigenvalue weighted by molar-refractivity contribution is 0.281. The quantitative estimate of drug-likeness (QED) is 0.901. The molecule has 1 N–H and O–H groups in total. The van der Waals surface area contributed by atoms with Crippen molar-refractivity contribution >= 4 is 21.6 Å². The van der Waals surface area contributed by atoms with E-state index in [0.717, 1.165) is 29.0 Å². The average molecular weight is 284 g/mol. The molecular formula is C13H18BrNO. The molecule has 0 radical (unpaired) electrons. The minimum Gasteiger partial charge on any atom is -0.392 e. The fourth-order valence-electron chi connectivity index (χ4n) is 2.13. The summed E-state index contributed by atoms with van der Waals surface area (Å²) in [5, 5.41) is 9.11. The second-order valence-electron chi connectivity index (χ2n) is 4.60. The fourth-order valence-corrected chi connectivity index (χ4v) is 2.62. The lowest BCUT2D eigenvalue weighted by Crippen LogP contribution is -2.32. The Morgan fingerprint density at radius 2 is 2.06 bits per heavy atom. The lowest BCUT2D eigenvalue weighted by atomic mass is 9.99. The molecule has 1 aliphatic heterocycles. The Morgan fingerprint density at radius 3 is 2.62 bits per heavy atom. The van der Waals surface area contributed by atoms with Crippen molar-refractivity contribution in [2.24, 2.45) is 5.92 Å². The molecule has 88 valence electrons. The third-order valence-electron chi connectivity index (χ3n) is 3.36. The first-order valence-electron chi connectivity index (χ1n) is 5.85. The van der Waals surface area contributed by atoms with E-state index in [1.54, 1.807) is 0 Å². The van der Waals surface area contributed by atoms with Crippen molar-refractivity contribution < 1.29 is 5.11 Å². The smallest absolute Gasteiger partial charge is 0.0692 e. The van der Waals surface area contributed by atoms with Crippen LogP contribution in [0.2, 0.25) is 0 Å². The minimum absolute atomic E-state index is 0.0951. The van der Waals surface area contributed by atoms with E-state index in [0.29, 0.717) is 0 Å². The third-order valence-corrected chi connectivity index (χ3v) is 4.09. The van der Waals surface area contributed by atoms with Gasteiger partial charge in [-0.25, -0.2) is 0 Å². The van der Waals surface area contributed by atoms with Gasteiger partial charge in [-0.15, -0.1) is 0 Å². The van der Waals surface area contributed by atoms with Gasteiger partial charge < -0.3 is 10.0 Å². The monoisotopic (exact) mass is 283 g/mol. The first-order valence-corrected chi connectivity index (χ1v) is 6.64. The number of piperidine rings is 1. The van der Waals surface area contributed by atoms with Crippen LogP contribution in [0.1, 0.15) is 25.3 Å². The van der Waals surface area contributed by atoms with Crippen LogP contribution < -0.4 is 4.90 Å². The first-order chi connectivity index (χ1) is 7.70. The van der Waals surface area contributed by atoms with Gasteiger partial charge in [-0.1, -0.05) is 28.9 Å². The van der Waals surface area contributed by atoms with Crippen molar-refractivity contribution in [3.8, 4) is 0 Å². The Morgan fingerprint density at radius 1 is 1.38 bits per heavy atom. The molecule has 0 unspecified atom stereocenters. The van der Waals surface area contributed by atoms with E-state index in [1.807, 2.05) is 6.07 Å². The van der Waals surface area contributed by atoms with Crippen LogP contribution in [-0.4, -0.2) is 18.2 Å². The molecule has 1 aromatic rings. The van der Waals surface area contributed by atoms with Gasteiger partial charge in [-0.05, 0) is 36.5 Å². The molecule has 2 nitrogen and oxygen atoms in total. The van der Waals surface area contributed by atoms with E-state index in [2.05, 4.69) is 39.9 Å². The van der Waals surface area contributed by atoms with E-state index in [9.17, 15) is 0 Å². The number of hydrogen-bond acceptors (Lipinski definition) is 2. The first kappa shape index (κ1) is 11.9. The van der Waals surface area contributed by atoms with Gasteiger partial charge in [0.05, 0.1) is 6.61 Å². The fraction of sp³-hybridized carbons (Fsp3) is 0.538. The van der Waals surface area contributed by atoms with Gasteiger partial charge >= 0.3 is 0 Å². The topological polar surface area (TPSA) is 23.5 Å². The molecule has 1 aromatic carbocycles. The molecule has 2 rings (SSSR count). The summed E-state index contributed by atoms with van der Waals surface area (Å²) in [6.07, 6.45) is 2.55. The number of aliphatic hydroxyl groups is 1. The van der Waals surface area contributed by atoms with Gasteiger partial charge in [0.15, 0.2) is 0 Å². The van der Waals surface area contributed by atoms with Gasteiger partial charge in [0, 0.05) is 23.2 Å². The zero-order chi connectivity index (χ0) is 11.5. The normalized spacial score (nSPS) is 17.8. The average Bonchev–Trinajstić information content (AvgIpc) is 2.30. The Balaban J connectivity index is 2.12. The van der Waals surface area contributed by atoms with E-state index >= 15 is 0 Å². The van der Waals surface area contributed by atoms with Crippen LogP contribution in [0.5, 0.6) is 0 Å². The Bertz CT molecular complexity index is 359. The highest BCUT2D eigenvalue weighted by Crippen LogP contribution is 2.27. The Kier molecular flexibility index (Phi) is 3.87. The summed E-state index contributed by atoms with van der Waals surface area (Å²) in [7, 11) is 0. The molecule has 1 aliphatic rings. The molecule has 0 amide bonds. The summed E-state index contributed by atoms with van der Waals surface area (Å²) >= 11 is 3.50. The number of halogens is 1. The predicted octanol–water partition coefficient (Wildman–Crippen LogP) is 3.18. The number of rotatable bonds is 2. The lowest BCUT2D eigenvalue weighted by Gasteiger charge is -2.32. The van der Waals surface area contributed by atoms with Crippen LogP contribution in [0.4, 0.5) is 5.69 Å². The van der Waals surface area contributed by atoms with Crippen molar-refractivity contribution in [3.63, 3.8) is 0 Å². The summed E-state index contributed by atoms with van der Waals surface area (Å²) in [6.45, 7) is 4.71. The van der Waals surface area contributed by atoms with Crippen LogP contribution in [0.3, 0.4) is 0 Å². The molecule has 0 aromatic heterocycles. The summed E-state index contributed by atoms with van der Waals surface area (Å²) in [6, 6.07) is 6.21. The third kappa shape index (κ3) is 2.58. The largest absolute Gasteiger partial charge is 0.392 e. The number of anilines is 1. The summed E-state index contributed by atoms with van der Waals surface area (Å²) in [5.41, 5.74) is 2.21. The van der Waals surface area contributed by atoms with Crippen molar-refractivity contribution in [3.05, 3.63) is 28.2 Å². The highest BCUT2D eigenvalue weighted by Gasteiger charge is 2.16. The highest BCUT2D eigenvalue weighted by molar-refractivity contribution is 9.10. The van der Waals surface area contributed by atoms with E-state index in [4.69, 9.17) is 5.11 Å². The summed E-state index contributed by atoms with van der Waals surface area (Å²) in [4.78, 5) is 2.42. The minimum atomic E-state index is 0.0951. The zero-order valence-electron chi connectivity index (χ0n) is 9.62. The van der Waals surface area contributed by atoms with Gasteiger partial charge in [-0.2, -0.15) is 0 Å². The number of aliphatic hydroxyl groups excluding tert-OH is 1. The van der Waals surface area contributed by atoms with Gasteiger partial charge in [0.2, 0.25) is 0 Å². The van der Waals surface area contributed by atoms with E-state index in [-0.39, 0.29) is 6.61 Å². The number of benzene rings is 1. The van der Waals surface area contributed by atoms with Crippen molar-refractivity contribution in [2.75, 3.05) is 18.0 Å². The van der Waals surface area contributed by atoms with Gasteiger partial charge in [0.25, 0.3) is 0 Å². The second kappa shape index (κ2) is 5.19. The van der Waals surface area contributed by atoms with Crippen LogP contribution in [-0.2, 0) is 6.61 Å². The van der Waals surface area contributed by atoms with Crippen LogP contribution in [0, 0.1) is 5.92 Å². The Hall–Kier alpha value is -0.540. The molecule has 1 heterocycles. The molecule has 0 bridgehead atoms. The van der Waals surface area contributed by atoms with Crippen molar-refractivity contribution in [2.45, 2.75) is 26.4 Å². The molecule has 1 fully saturated rings. The second-order valence-corrected chi connectivity index (χ2v) is 5.46. The summed E-state index contributed by atoms with van der Waals surface area (Å²) in [5.74, 6) is 0.858. The predicted molar refractivity (Wildman–Crippen MR) is 70.7 cm³/mol. The van der Waals surface area contributed by atoms with E-state index < -0.39 is 0 Å². The standard InChI is InChI=1S/C13H18BrNO/c1-10-4-6-15(7-5-10)12-3-2-11(9-16)13(14)8-12/h2-3,8,10,16H,4-7,9H2,1H3. The Labute approximate surface area is 105 Å². The molecular weight excluding hydrogens is 266 g/mol. The molecule has 16 heavy (non-hydrogen) atoms. The van der Waals surface area contributed by atoms with E-state index in [1.165, 1.54) is 18.5 Å². The molecule has 1 saturated heterocycles. The maximum Gasteiger partial charge on any atom is 0.0692 e. The van der Waals surface area contributed by atoms with Crippen molar-refractivity contribution in [1.29, 1.82) is 0 Å². The SMILES string of the molecule is CC1CCN(c2ccc(CO)c(Br)c2)CC1. The molecule has 0 spiro atoms. The van der Waals surface area contributed by atoms with Crippen LogP contribution in [0.25, 0.3) is 0 Å². The van der Waals surface area contributed by atoms with Crippen molar-refractivity contribution in [1.82, 2.24) is 0 Å². The van der Waals surface area contributed by atoms with Crippen LogP contribution >= 0.6 is 15.9 Å². The maximum atomic E-state index is 9.11. The number of nitrogens with zero attached hydrogens (tertiary/aromatic N) is 1. The number of hydrogen-bond donors (Lipinski definition) is 1. The maximum absolute atomic E-state index is 9.11. The summed E-state index contributed by atoms with van der Waals surface area (Å²) < 4.78 is 1.01. The highest BCUT2D eigenvalue weighted by atomic mass is 79.9. The zero-order valence-corrected chi connectivity index (χ0v) is 11.2. The van der Waals surface area contributed by atoms with Gasteiger partial charge in [0.1, 0.15) is 0 Å². The molecule has 0 atom stereocenters. The molecule has 3 heteroatoms. The van der Waals surface area contributed by atoms with Crippen LogP contribution in [0.15, 0.2) is 22.7 Å². The molecule has 0 saturated carbocycles. The molecule has 0 aliphatic carbocycles.